The number of likely N-dealkylation sites (N-methyl/N-ethyl adjacent to an activating group) is 1. The van der Waals surface area contributed by atoms with Crippen LogP contribution >= 0.6 is 15.9 Å². The topological polar surface area (TPSA) is 59.4 Å². The summed E-state index contributed by atoms with van der Waals surface area (Å²) in [7, 11) is 5.49. The Balaban J connectivity index is 1.76. The van der Waals surface area contributed by atoms with Crippen LogP contribution < -0.4 is 15.6 Å². The number of ether oxygens (including phenoxy) is 1. The number of aryl methyl sites for hydroxylation is 1. The second kappa shape index (κ2) is 7.58. The van der Waals surface area contributed by atoms with E-state index in [2.05, 4.69) is 50.3 Å². The van der Waals surface area contributed by atoms with Gasteiger partial charge < -0.3 is 19.5 Å². The standard InChI is InChI=1S/C18H23BrN4O2/c1-22-9-13(12-4-6-15(25-3)7-5-12)8-14(10-22)21-17-16(19)18(24)23(2)11-20-17/h4-7,11,13-14,21H,8-10H2,1-3H3/t13-,14+/m0/s1. The highest BCUT2D eigenvalue weighted by Crippen LogP contribution is 2.29. The third kappa shape index (κ3) is 4.04. The molecule has 0 bridgehead atoms. The number of benzene rings is 1. The van der Waals surface area contributed by atoms with Crippen LogP contribution in [0.3, 0.4) is 0 Å². The number of hydrogen-bond donors (Lipinski definition) is 1. The van der Waals surface area contributed by atoms with Crippen LogP contribution in [-0.2, 0) is 7.05 Å². The molecule has 25 heavy (non-hydrogen) atoms. The fraction of sp³-hybridized carbons (Fsp3) is 0.444. The van der Waals surface area contributed by atoms with E-state index in [1.807, 2.05) is 12.1 Å². The molecule has 1 saturated heterocycles. The highest BCUT2D eigenvalue weighted by Gasteiger charge is 2.27. The van der Waals surface area contributed by atoms with E-state index in [1.54, 1.807) is 20.5 Å². The van der Waals surface area contributed by atoms with Crippen LogP contribution in [0.15, 0.2) is 39.9 Å². The molecule has 1 aromatic heterocycles. The number of hydrogen-bond acceptors (Lipinski definition) is 5. The number of rotatable bonds is 4. The van der Waals surface area contributed by atoms with Crippen molar-refractivity contribution in [3.05, 3.63) is 51.0 Å². The maximum atomic E-state index is 12.1. The molecule has 0 spiro atoms. The Labute approximate surface area is 156 Å². The first-order valence-corrected chi connectivity index (χ1v) is 9.07. The van der Waals surface area contributed by atoms with Crippen molar-refractivity contribution >= 4 is 21.7 Å². The minimum Gasteiger partial charge on any atom is -0.497 e. The fourth-order valence-corrected chi connectivity index (χ4v) is 3.84. The molecule has 0 saturated carbocycles. The van der Waals surface area contributed by atoms with Gasteiger partial charge in [-0.15, -0.1) is 0 Å². The number of halogens is 1. The van der Waals surface area contributed by atoms with Crippen molar-refractivity contribution in [1.29, 1.82) is 0 Å². The molecule has 2 aromatic rings. The van der Waals surface area contributed by atoms with Gasteiger partial charge in [0.25, 0.3) is 5.56 Å². The maximum absolute atomic E-state index is 12.1. The van der Waals surface area contributed by atoms with Gasteiger partial charge in [0.1, 0.15) is 16.0 Å². The number of aromatic nitrogens is 2. The van der Waals surface area contributed by atoms with Gasteiger partial charge in [0.05, 0.1) is 13.4 Å². The van der Waals surface area contributed by atoms with Crippen molar-refractivity contribution < 1.29 is 4.74 Å². The minimum absolute atomic E-state index is 0.0895. The average Bonchev–Trinajstić information content (AvgIpc) is 2.62. The molecule has 7 heteroatoms. The predicted octanol–water partition coefficient (Wildman–Crippen LogP) is 2.45. The van der Waals surface area contributed by atoms with Crippen molar-refractivity contribution in [2.45, 2.75) is 18.4 Å². The van der Waals surface area contributed by atoms with Gasteiger partial charge in [-0.05, 0) is 53.0 Å². The van der Waals surface area contributed by atoms with E-state index in [0.29, 0.717) is 16.2 Å². The average molecular weight is 407 g/mol. The summed E-state index contributed by atoms with van der Waals surface area (Å²) >= 11 is 3.36. The Morgan fingerprint density at radius 2 is 1.96 bits per heavy atom. The summed E-state index contributed by atoms with van der Waals surface area (Å²) in [6.07, 6.45) is 2.53. The van der Waals surface area contributed by atoms with Crippen molar-refractivity contribution in [2.24, 2.45) is 7.05 Å². The summed E-state index contributed by atoms with van der Waals surface area (Å²) in [5, 5.41) is 3.43. The minimum atomic E-state index is -0.0895. The molecule has 1 N–H and O–H groups in total. The van der Waals surface area contributed by atoms with E-state index in [9.17, 15) is 4.79 Å². The lowest BCUT2D eigenvalue weighted by molar-refractivity contribution is 0.235. The quantitative estimate of drug-likeness (QED) is 0.844. The second-order valence-electron chi connectivity index (χ2n) is 6.59. The van der Waals surface area contributed by atoms with Crippen LogP contribution in [0.5, 0.6) is 5.75 Å². The maximum Gasteiger partial charge on any atom is 0.269 e. The molecule has 0 unspecified atom stereocenters. The Kier molecular flexibility index (Phi) is 5.44. The molecule has 0 radical (unpaired) electrons. The van der Waals surface area contributed by atoms with Crippen LogP contribution in [0.2, 0.25) is 0 Å². The lowest BCUT2D eigenvalue weighted by atomic mass is 9.88. The highest BCUT2D eigenvalue weighted by atomic mass is 79.9. The third-order valence-corrected chi connectivity index (χ3v) is 5.35. The van der Waals surface area contributed by atoms with Gasteiger partial charge >= 0.3 is 0 Å². The summed E-state index contributed by atoms with van der Waals surface area (Å²) in [6, 6.07) is 8.50. The van der Waals surface area contributed by atoms with Crippen LogP contribution in [-0.4, -0.2) is 47.7 Å². The zero-order valence-electron chi connectivity index (χ0n) is 14.7. The molecule has 1 aliphatic heterocycles. The number of nitrogens with one attached hydrogen (secondary N) is 1. The predicted molar refractivity (Wildman–Crippen MR) is 102 cm³/mol. The summed E-state index contributed by atoms with van der Waals surface area (Å²) in [4.78, 5) is 18.7. The molecule has 1 aromatic carbocycles. The van der Waals surface area contributed by atoms with Crippen molar-refractivity contribution in [2.75, 3.05) is 32.6 Å². The Morgan fingerprint density at radius 1 is 1.24 bits per heavy atom. The first-order valence-electron chi connectivity index (χ1n) is 8.28. The van der Waals surface area contributed by atoms with Gasteiger partial charge in [0.2, 0.25) is 0 Å². The SMILES string of the molecule is COc1ccc([C@H]2C[C@@H](Nc3ncn(C)c(=O)c3Br)CN(C)C2)cc1. The van der Waals surface area contributed by atoms with Crippen molar-refractivity contribution in [3.63, 3.8) is 0 Å². The first-order chi connectivity index (χ1) is 12.0. The second-order valence-corrected chi connectivity index (χ2v) is 7.38. The number of anilines is 1. The largest absolute Gasteiger partial charge is 0.497 e. The molecule has 1 fully saturated rings. The number of methoxy groups -OCH3 is 1. The molecule has 3 rings (SSSR count). The summed E-state index contributed by atoms with van der Waals surface area (Å²) < 4.78 is 7.18. The monoisotopic (exact) mass is 406 g/mol. The smallest absolute Gasteiger partial charge is 0.269 e. The summed E-state index contributed by atoms with van der Waals surface area (Å²) in [6.45, 7) is 1.92. The van der Waals surface area contributed by atoms with E-state index in [-0.39, 0.29) is 11.6 Å². The van der Waals surface area contributed by atoms with Crippen molar-refractivity contribution in [3.8, 4) is 5.75 Å². The number of piperidine rings is 1. The number of nitrogens with zero attached hydrogens (tertiary/aromatic N) is 3. The van der Waals surface area contributed by atoms with Gasteiger partial charge in [-0.2, -0.15) is 0 Å². The van der Waals surface area contributed by atoms with E-state index in [0.717, 1.165) is 25.3 Å². The molecule has 2 atom stereocenters. The van der Waals surface area contributed by atoms with E-state index >= 15 is 0 Å². The molecule has 134 valence electrons. The van der Waals surface area contributed by atoms with Crippen LogP contribution in [0, 0.1) is 0 Å². The fourth-order valence-electron chi connectivity index (χ4n) is 3.35. The lowest BCUT2D eigenvalue weighted by Crippen LogP contribution is -2.43. The van der Waals surface area contributed by atoms with Crippen LogP contribution in [0.1, 0.15) is 17.9 Å². The third-order valence-electron chi connectivity index (χ3n) is 4.64. The molecule has 6 nitrogen and oxygen atoms in total. The van der Waals surface area contributed by atoms with Gasteiger partial charge in [0.15, 0.2) is 0 Å². The molecule has 0 aliphatic carbocycles. The van der Waals surface area contributed by atoms with Crippen LogP contribution in [0.25, 0.3) is 0 Å². The lowest BCUT2D eigenvalue weighted by Gasteiger charge is -2.36. The van der Waals surface area contributed by atoms with E-state index in [4.69, 9.17) is 4.74 Å². The first kappa shape index (κ1) is 17.9. The van der Waals surface area contributed by atoms with Gasteiger partial charge in [0, 0.05) is 26.2 Å². The van der Waals surface area contributed by atoms with E-state index < -0.39 is 0 Å². The summed E-state index contributed by atoms with van der Waals surface area (Å²) in [5.74, 6) is 1.90. The normalized spacial score (nSPS) is 21.1. The van der Waals surface area contributed by atoms with Gasteiger partial charge in [-0.25, -0.2) is 4.98 Å². The molecule has 2 heterocycles. The van der Waals surface area contributed by atoms with Gasteiger partial charge in [-0.1, -0.05) is 12.1 Å². The zero-order valence-corrected chi connectivity index (χ0v) is 16.3. The molecule has 1 aliphatic rings. The Hall–Kier alpha value is -1.86. The highest BCUT2D eigenvalue weighted by molar-refractivity contribution is 9.10. The Morgan fingerprint density at radius 3 is 2.64 bits per heavy atom. The molecular weight excluding hydrogens is 384 g/mol. The summed E-state index contributed by atoms with van der Waals surface area (Å²) in [5.41, 5.74) is 1.21. The van der Waals surface area contributed by atoms with Crippen molar-refractivity contribution in [1.82, 2.24) is 14.5 Å². The number of likely N-dealkylation sites (tertiary alicyclic amines) is 1. The molecule has 0 amide bonds. The zero-order chi connectivity index (χ0) is 18.0. The Bertz CT molecular complexity index is 791. The van der Waals surface area contributed by atoms with E-state index in [1.165, 1.54) is 10.1 Å². The van der Waals surface area contributed by atoms with Gasteiger partial charge in [-0.3, -0.25) is 4.79 Å². The molecular formula is C18H23BrN4O2. The van der Waals surface area contributed by atoms with Crippen LogP contribution in [0.4, 0.5) is 5.82 Å².